The summed E-state index contributed by atoms with van der Waals surface area (Å²) in [6.45, 7) is 5.59. The van der Waals surface area contributed by atoms with Gasteiger partial charge >= 0.3 is 12.0 Å². The first-order chi connectivity index (χ1) is 7.41. The van der Waals surface area contributed by atoms with Crippen LogP contribution in [-0.2, 0) is 4.79 Å². The summed E-state index contributed by atoms with van der Waals surface area (Å²) in [5.41, 5.74) is 0. The van der Waals surface area contributed by atoms with E-state index < -0.39 is 12.0 Å². The number of nitrogens with zero attached hydrogens (tertiary/aromatic N) is 2. The van der Waals surface area contributed by atoms with Crippen LogP contribution in [0.15, 0.2) is 0 Å². The number of carboxylic acids is 1. The SMILES string of the molecule is CC1CN(C(=O)N[C@H](C)C(=O)O)CCN1C. The summed E-state index contributed by atoms with van der Waals surface area (Å²) in [6.07, 6.45) is 0. The van der Waals surface area contributed by atoms with Gasteiger partial charge in [-0.2, -0.15) is 0 Å². The number of piperazine rings is 1. The van der Waals surface area contributed by atoms with Gasteiger partial charge in [0.2, 0.25) is 0 Å². The van der Waals surface area contributed by atoms with Gasteiger partial charge in [0.25, 0.3) is 0 Å². The molecule has 0 saturated carbocycles. The largest absolute Gasteiger partial charge is 0.480 e. The molecule has 2 N–H and O–H groups in total. The molecule has 1 saturated heterocycles. The number of rotatable bonds is 2. The van der Waals surface area contributed by atoms with Crippen LogP contribution in [0.5, 0.6) is 0 Å². The molecule has 92 valence electrons. The molecule has 1 heterocycles. The Bertz CT molecular complexity index is 282. The van der Waals surface area contributed by atoms with Gasteiger partial charge in [-0.25, -0.2) is 4.79 Å². The second-order valence-electron chi connectivity index (χ2n) is 4.29. The molecule has 1 aliphatic heterocycles. The van der Waals surface area contributed by atoms with Crippen LogP contribution in [0, 0.1) is 0 Å². The number of likely N-dealkylation sites (N-methyl/N-ethyl adjacent to an activating group) is 1. The minimum Gasteiger partial charge on any atom is -0.480 e. The number of amides is 2. The maximum Gasteiger partial charge on any atom is 0.325 e. The molecule has 0 spiro atoms. The Morgan fingerprint density at radius 3 is 2.56 bits per heavy atom. The highest BCUT2D eigenvalue weighted by molar-refractivity contribution is 5.82. The maximum absolute atomic E-state index is 11.7. The van der Waals surface area contributed by atoms with Crippen molar-refractivity contribution in [1.82, 2.24) is 15.1 Å². The zero-order valence-electron chi connectivity index (χ0n) is 9.93. The lowest BCUT2D eigenvalue weighted by atomic mass is 10.2. The van der Waals surface area contributed by atoms with Crippen LogP contribution >= 0.6 is 0 Å². The van der Waals surface area contributed by atoms with Crippen molar-refractivity contribution in [1.29, 1.82) is 0 Å². The minimum absolute atomic E-state index is 0.296. The van der Waals surface area contributed by atoms with Crippen molar-refractivity contribution in [2.75, 3.05) is 26.7 Å². The van der Waals surface area contributed by atoms with E-state index in [4.69, 9.17) is 5.11 Å². The number of hydrogen-bond acceptors (Lipinski definition) is 3. The lowest BCUT2D eigenvalue weighted by Gasteiger charge is -2.37. The van der Waals surface area contributed by atoms with Gasteiger partial charge in [-0.05, 0) is 20.9 Å². The normalized spacial score (nSPS) is 23.9. The molecule has 6 heteroatoms. The van der Waals surface area contributed by atoms with Crippen LogP contribution in [0.2, 0.25) is 0 Å². The van der Waals surface area contributed by atoms with E-state index in [0.29, 0.717) is 19.1 Å². The van der Waals surface area contributed by atoms with E-state index in [1.807, 2.05) is 14.0 Å². The third-order valence-electron chi connectivity index (χ3n) is 2.96. The van der Waals surface area contributed by atoms with Gasteiger partial charge in [0.1, 0.15) is 6.04 Å². The molecule has 1 fully saturated rings. The smallest absolute Gasteiger partial charge is 0.325 e. The number of carbonyl (C=O) groups excluding carboxylic acids is 1. The average molecular weight is 229 g/mol. The Hall–Kier alpha value is -1.30. The Balaban J connectivity index is 2.46. The minimum atomic E-state index is -1.02. The molecule has 16 heavy (non-hydrogen) atoms. The van der Waals surface area contributed by atoms with E-state index in [2.05, 4.69) is 10.2 Å². The zero-order chi connectivity index (χ0) is 12.3. The predicted octanol–water partition coefficient (Wildman–Crippen LogP) is -0.195. The highest BCUT2D eigenvalue weighted by Gasteiger charge is 2.25. The predicted molar refractivity (Wildman–Crippen MR) is 59.3 cm³/mol. The molecule has 1 rings (SSSR count). The lowest BCUT2D eigenvalue weighted by Crippen LogP contribution is -2.56. The molecule has 1 aliphatic rings. The summed E-state index contributed by atoms with van der Waals surface area (Å²) in [7, 11) is 2.01. The maximum atomic E-state index is 11.7. The van der Waals surface area contributed by atoms with E-state index in [9.17, 15) is 9.59 Å². The van der Waals surface area contributed by atoms with Gasteiger partial charge in [0.05, 0.1) is 0 Å². The first-order valence-electron chi connectivity index (χ1n) is 5.40. The lowest BCUT2D eigenvalue weighted by molar-refractivity contribution is -0.138. The van der Waals surface area contributed by atoms with Gasteiger partial charge in [-0.3, -0.25) is 4.79 Å². The number of hydrogen-bond donors (Lipinski definition) is 2. The molecule has 1 unspecified atom stereocenters. The fraction of sp³-hybridized carbons (Fsp3) is 0.800. The van der Waals surface area contributed by atoms with Crippen LogP contribution in [0.1, 0.15) is 13.8 Å². The highest BCUT2D eigenvalue weighted by Crippen LogP contribution is 2.06. The van der Waals surface area contributed by atoms with Crippen LogP contribution < -0.4 is 5.32 Å². The Kier molecular flexibility index (Phi) is 4.12. The molecular weight excluding hydrogens is 210 g/mol. The van der Waals surface area contributed by atoms with Gasteiger partial charge in [-0.15, -0.1) is 0 Å². The molecule has 0 bridgehead atoms. The molecule has 0 aromatic heterocycles. The fourth-order valence-electron chi connectivity index (χ4n) is 1.57. The van der Waals surface area contributed by atoms with Crippen LogP contribution in [0.25, 0.3) is 0 Å². The Morgan fingerprint density at radius 2 is 2.06 bits per heavy atom. The summed E-state index contributed by atoms with van der Waals surface area (Å²) >= 11 is 0. The Labute approximate surface area is 95.2 Å². The molecule has 0 aliphatic carbocycles. The van der Waals surface area contributed by atoms with E-state index in [0.717, 1.165) is 6.54 Å². The molecule has 2 amide bonds. The van der Waals surface area contributed by atoms with Crippen molar-refractivity contribution in [3.63, 3.8) is 0 Å². The summed E-state index contributed by atoms with van der Waals surface area (Å²) < 4.78 is 0. The van der Waals surface area contributed by atoms with Crippen molar-refractivity contribution >= 4 is 12.0 Å². The second kappa shape index (κ2) is 5.16. The first-order valence-corrected chi connectivity index (χ1v) is 5.40. The third kappa shape index (κ3) is 3.10. The number of urea groups is 1. The molecule has 6 nitrogen and oxygen atoms in total. The molecular formula is C10H19N3O3. The third-order valence-corrected chi connectivity index (χ3v) is 2.96. The molecule has 2 atom stereocenters. The standard InChI is InChI=1S/C10H19N3O3/c1-7-6-13(5-4-12(7)3)10(16)11-8(2)9(14)15/h7-8H,4-6H2,1-3H3,(H,11,16)(H,14,15)/t7?,8-/m1/s1. The molecule has 0 aromatic rings. The fourth-order valence-corrected chi connectivity index (χ4v) is 1.57. The number of aliphatic carboxylic acids is 1. The van der Waals surface area contributed by atoms with Crippen LogP contribution in [-0.4, -0.2) is 65.7 Å². The highest BCUT2D eigenvalue weighted by atomic mass is 16.4. The first kappa shape index (κ1) is 12.8. The molecule has 0 radical (unpaired) electrons. The van der Waals surface area contributed by atoms with E-state index >= 15 is 0 Å². The second-order valence-corrected chi connectivity index (χ2v) is 4.29. The van der Waals surface area contributed by atoms with Crippen LogP contribution in [0.4, 0.5) is 4.79 Å². The van der Waals surface area contributed by atoms with Crippen molar-refractivity contribution in [3.8, 4) is 0 Å². The monoisotopic (exact) mass is 229 g/mol. The van der Waals surface area contributed by atoms with Crippen molar-refractivity contribution in [2.24, 2.45) is 0 Å². The summed E-state index contributed by atoms with van der Waals surface area (Å²) in [5, 5.41) is 11.1. The van der Waals surface area contributed by atoms with E-state index in [1.165, 1.54) is 6.92 Å². The Morgan fingerprint density at radius 1 is 1.44 bits per heavy atom. The summed E-state index contributed by atoms with van der Waals surface area (Å²) in [6, 6.07) is -0.836. The van der Waals surface area contributed by atoms with Gasteiger partial charge < -0.3 is 20.2 Å². The molecule has 0 aromatic carbocycles. The van der Waals surface area contributed by atoms with Gasteiger partial charge in [-0.1, -0.05) is 0 Å². The number of nitrogens with one attached hydrogen (secondary N) is 1. The van der Waals surface area contributed by atoms with E-state index in [-0.39, 0.29) is 6.03 Å². The average Bonchev–Trinajstić information content (AvgIpc) is 2.21. The number of carboxylic acid groups (broad SMARTS) is 1. The van der Waals surface area contributed by atoms with Gasteiger partial charge in [0.15, 0.2) is 0 Å². The quantitative estimate of drug-likeness (QED) is 0.688. The van der Waals surface area contributed by atoms with Crippen molar-refractivity contribution < 1.29 is 14.7 Å². The summed E-state index contributed by atoms with van der Waals surface area (Å²) in [4.78, 5) is 26.1. The zero-order valence-corrected chi connectivity index (χ0v) is 9.93. The van der Waals surface area contributed by atoms with Gasteiger partial charge in [0, 0.05) is 25.7 Å². The number of carbonyl (C=O) groups is 2. The van der Waals surface area contributed by atoms with Crippen molar-refractivity contribution in [3.05, 3.63) is 0 Å². The summed E-state index contributed by atoms with van der Waals surface area (Å²) in [5.74, 6) is -1.02. The van der Waals surface area contributed by atoms with Crippen molar-refractivity contribution in [2.45, 2.75) is 25.9 Å². The van der Waals surface area contributed by atoms with E-state index in [1.54, 1.807) is 4.90 Å². The van der Waals surface area contributed by atoms with Crippen LogP contribution in [0.3, 0.4) is 0 Å². The topological polar surface area (TPSA) is 72.9 Å².